The van der Waals surface area contributed by atoms with Crippen LogP contribution in [-0.2, 0) is 9.59 Å². The van der Waals surface area contributed by atoms with Gasteiger partial charge in [0.1, 0.15) is 6.04 Å². The second-order valence-electron chi connectivity index (χ2n) is 3.43. The van der Waals surface area contributed by atoms with Crippen molar-refractivity contribution in [2.24, 2.45) is 11.7 Å². The summed E-state index contributed by atoms with van der Waals surface area (Å²) in [6.45, 7) is 1.08. The van der Waals surface area contributed by atoms with E-state index >= 15 is 0 Å². The van der Waals surface area contributed by atoms with Crippen molar-refractivity contribution in [3.8, 4) is 0 Å². The topological polar surface area (TPSA) is 101 Å². The van der Waals surface area contributed by atoms with Crippen LogP contribution < -0.4 is 5.73 Å². The summed E-state index contributed by atoms with van der Waals surface area (Å²) >= 11 is 0. The van der Waals surface area contributed by atoms with Crippen molar-refractivity contribution in [2.75, 3.05) is 0 Å². The molecule has 1 unspecified atom stereocenters. The average Bonchev–Trinajstić information content (AvgIpc) is 2.53. The third kappa shape index (κ3) is 5.53. The van der Waals surface area contributed by atoms with Crippen LogP contribution in [-0.4, -0.2) is 28.2 Å². The van der Waals surface area contributed by atoms with Crippen LogP contribution in [0.15, 0.2) is 0 Å². The highest BCUT2D eigenvalue weighted by molar-refractivity contribution is 5.73. The summed E-state index contributed by atoms with van der Waals surface area (Å²) in [5.41, 5.74) is 5.42. The fraction of sp³-hybridized carbons (Fsp3) is 0.778. The molecule has 0 spiro atoms. The highest BCUT2D eigenvalue weighted by Crippen LogP contribution is 2.26. The van der Waals surface area contributed by atoms with E-state index in [9.17, 15) is 4.79 Å². The molecular weight excluding hydrogens is 186 g/mol. The number of aliphatic carboxylic acids is 2. The molecule has 0 aromatic rings. The Hall–Kier alpha value is -1.10. The molecule has 0 saturated heterocycles. The molecule has 14 heavy (non-hydrogen) atoms. The second kappa shape index (κ2) is 6.37. The predicted octanol–water partition coefficient (Wildman–Crippen LogP) is 0.679. The van der Waals surface area contributed by atoms with E-state index in [1.807, 2.05) is 0 Å². The number of carboxylic acids is 2. The fourth-order valence-electron chi connectivity index (χ4n) is 1.52. The van der Waals surface area contributed by atoms with E-state index in [0.29, 0.717) is 0 Å². The fourth-order valence-corrected chi connectivity index (χ4v) is 1.52. The third-order valence-electron chi connectivity index (χ3n) is 2.19. The maximum Gasteiger partial charge on any atom is 0.320 e. The van der Waals surface area contributed by atoms with Crippen LogP contribution in [0.1, 0.15) is 32.6 Å². The van der Waals surface area contributed by atoms with Gasteiger partial charge in [-0.25, -0.2) is 0 Å². The summed E-state index contributed by atoms with van der Waals surface area (Å²) in [7, 11) is 0. The lowest BCUT2D eigenvalue weighted by molar-refractivity contribution is -0.140. The minimum atomic E-state index is -0.855. The number of carboxylic acid groups (broad SMARTS) is 2. The first-order valence-electron chi connectivity index (χ1n) is 4.63. The van der Waals surface area contributed by atoms with Crippen LogP contribution >= 0.6 is 0 Å². The van der Waals surface area contributed by atoms with E-state index in [1.54, 1.807) is 0 Å². The Morgan fingerprint density at radius 1 is 1.29 bits per heavy atom. The smallest absolute Gasteiger partial charge is 0.320 e. The van der Waals surface area contributed by atoms with Gasteiger partial charge in [0, 0.05) is 6.92 Å². The first-order valence-corrected chi connectivity index (χ1v) is 4.63. The Morgan fingerprint density at radius 3 is 1.93 bits per heavy atom. The number of rotatable bonds is 2. The normalized spacial score (nSPS) is 18.1. The summed E-state index contributed by atoms with van der Waals surface area (Å²) in [5.74, 6) is -1.45. The molecule has 0 heterocycles. The van der Waals surface area contributed by atoms with Crippen molar-refractivity contribution in [1.82, 2.24) is 0 Å². The Balaban J connectivity index is 0.000000364. The molecule has 4 N–H and O–H groups in total. The van der Waals surface area contributed by atoms with Crippen LogP contribution in [0.3, 0.4) is 0 Å². The molecule has 1 saturated carbocycles. The molecule has 1 aliphatic rings. The van der Waals surface area contributed by atoms with Gasteiger partial charge in [-0.15, -0.1) is 0 Å². The molecule has 1 atom stereocenters. The predicted molar refractivity (Wildman–Crippen MR) is 50.9 cm³/mol. The van der Waals surface area contributed by atoms with Gasteiger partial charge in [0.15, 0.2) is 0 Å². The molecule has 0 aliphatic heterocycles. The number of carbonyl (C=O) groups is 2. The zero-order valence-electron chi connectivity index (χ0n) is 8.27. The van der Waals surface area contributed by atoms with E-state index in [1.165, 1.54) is 0 Å². The Labute approximate surface area is 82.9 Å². The highest BCUT2D eigenvalue weighted by atomic mass is 16.4. The lowest BCUT2D eigenvalue weighted by Crippen LogP contribution is -2.36. The molecule has 82 valence electrons. The molecule has 5 heteroatoms. The Kier molecular flexibility index (Phi) is 5.87. The monoisotopic (exact) mass is 203 g/mol. The lowest BCUT2D eigenvalue weighted by atomic mass is 9.99. The summed E-state index contributed by atoms with van der Waals surface area (Å²) in [6, 6.07) is -0.623. The van der Waals surface area contributed by atoms with Gasteiger partial charge in [0.25, 0.3) is 5.97 Å². The van der Waals surface area contributed by atoms with Gasteiger partial charge in [0.05, 0.1) is 0 Å². The third-order valence-corrected chi connectivity index (χ3v) is 2.19. The zero-order valence-corrected chi connectivity index (χ0v) is 8.27. The summed E-state index contributed by atoms with van der Waals surface area (Å²) in [5, 5.41) is 15.9. The van der Waals surface area contributed by atoms with E-state index in [2.05, 4.69) is 0 Å². The van der Waals surface area contributed by atoms with Crippen LogP contribution in [0, 0.1) is 5.92 Å². The quantitative estimate of drug-likeness (QED) is 0.612. The molecule has 5 nitrogen and oxygen atoms in total. The molecule has 1 fully saturated rings. The van der Waals surface area contributed by atoms with Gasteiger partial charge < -0.3 is 15.9 Å². The number of hydrogen-bond acceptors (Lipinski definition) is 3. The number of nitrogens with two attached hydrogens (primary N) is 1. The van der Waals surface area contributed by atoms with Crippen molar-refractivity contribution >= 4 is 11.9 Å². The van der Waals surface area contributed by atoms with Crippen molar-refractivity contribution in [3.05, 3.63) is 0 Å². The SMILES string of the molecule is CC(=O)O.NC(C(=O)O)C1CCCC1. The lowest BCUT2D eigenvalue weighted by Gasteiger charge is -2.12. The summed E-state index contributed by atoms with van der Waals surface area (Å²) in [6.07, 6.45) is 4.28. The maximum atomic E-state index is 10.4. The van der Waals surface area contributed by atoms with Crippen molar-refractivity contribution in [3.63, 3.8) is 0 Å². The maximum absolute atomic E-state index is 10.4. The molecule has 0 aromatic heterocycles. The average molecular weight is 203 g/mol. The van der Waals surface area contributed by atoms with Gasteiger partial charge >= 0.3 is 5.97 Å². The minimum absolute atomic E-state index is 0.234. The second-order valence-corrected chi connectivity index (χ2v) is 3.43. The summed E-state index contributed by atoms with van der Waals surface area (Å²) in [4.78, 5) is 19.4. The highest BCUT2D eigenvalue weighted by Gasteiger charge is 2.26. The van der Waals surface area contributed by atoms with Crippen LogP contribution in [0.2, 0.25) is 0 Å². The first-order chi connectivity index (χ1) is 6.45. The van der Waals surface area contributed by atoms with Crippen molar-refractivity contribution < 1.29 is 19.8 Å². The van der Waals surface area contributed by atoms with Gasteiger partial charge in [-0.2, -0.15) is 0 Å². The Morgan fingerprint density at radius 2 is 1.64 bits per heavy atom. The van der Waals surface area contributed by atoms with Gasteiger partial charge in [-0.1, -0.05) is 12.8 Å². The van der Waals surface area contributed by atoms with Crippen LogP contribution in [0.25, 0.3) is 0 Å². The minimum Gasteiger partial charge on any atom is -0.481 e. The van der Waals surface area contributed by atoms with Crippen molar-refractivity contribution in [2.45, 2.75) is 38.6 Å². The molecule has 0 aromatic carbocycles. The molecule has 0 bridgehead atoms. The summed E-state index contributed by atoms with van der Waals surface area (Å²) < 4.78 is 0. The van der Waals surface area contributed by atoms with Gasteiger partial charge in [-0.3, -0.25) is 9.59 Å². The first kappa shape index (κ1) is 12.9. The van der Waals surface area contributed by atoms with Crippen molar-refractivity contribution in [1.29, 1.82) is 0 Å². The van der Waals surface area contributed by atoms with E-state index in [-0.39, 0.29) is 5.92 Å². The van der Waals surface area contributed by atoms with Crippen LogP contribution in [0.4, 0.5) is 0 Å². The Bertz CT molecular complexity index is 195. The molecule has 1 aliphatic carbocycles. The van der Waals surface area contributed by atoms with Gasteiger partial charge in [0.2, 0.25) is 0 Å². The molecule has 0 amide bonds. The number of hydrogen-bond donors (Lipinski definition) is 3. The molecular formula is C9H17NO4. The van der Waals surface area contributed by atoms with E-state index in [4.69, 9.17) is 20.7 Å². The van der Waals surface area contributed by atoms with E-state index < -0.39 is 18.0 Å². The zero-order chi connectivity index (χ0) is 11.1. The largest absolute Gasteiger partial charge is 0.481 e. The van der Waals surface area contributed by atoms with Crippen LogP contribution in [0.5, 0.6) is 0 Å². The molecule has 1 rings (SSSR count). The van der Waals surface area contributed by atoms with E-state index in [0.717, 1.165) is 32.6 Å². The molecule has 0 radical (unpaired) electrons. The standard InChI is InChI=1S/C7H13NO2.C2H4O2/c8-6(7(9)10)5-3-1-2-4-5;1-2(3)4/h5-6H,1-4,8H2,(H,9,10);1H3,(H,3,4). The van der Waals surface area contributed by atoms with Gasteiger partial charge in [-0.05, 0) is 18.8 Å².